The van der Waals surface area contributed by atoms with Gasteiger partial charge in [0.1, 0.15) is 7.05 Å². The van der Waals surface area contributed by atoms with Gasteiger partial charge in [-0.25, -0.2) is 4.57 Å². The predicted molar refractivity (Wildman–Crippen MR) is 110 cm³/mol. The first-order valence-electron chi connectivity index (χ1n) is 11.2. The molecule has 0 amide bonds. The van der Waals surface area contributed by atoms with E-state index >= 15 is 0 Å². The Bertz CT molecular complexity index is 1170. The number of aryl methyl sites for hydroxylation is 3. The van der Waals surface area contributed by atoms with Gasteiger partial charge >= 0.3 is 0 Å². The number of benzene rings is 2. The summed E-state index contributed by atoms with van der Waals surface area (Å²) in [7, 11) is 1.88. The third kappa shape index (κ3) is 2.58. The molecule has 1 nitrogen and oxygen atoms in total. The van der Waals surface area contributed by atoms with Crippen LogP contribution in [-0.2, 0) is 13.5 Å². The zero-order chi connectivity index (χ0) is 22.0. The lowest BCUT2D eigenvalue weighted by atomic mass is 9.92. The maximum absolute atomic E-state index is 8.55. The highest BCUT2D eigenvalue weighted by molar-refractivity contribution is 5.82. The summed E-state index contributed by atoms with van der Waals surface area (Å²) in [5.41, 5.74) is 10.6. The predicted octanol–water partition coefficient (Wildman–Crippen LogP) is 5.80. The average molecular weight is 347 g/mol. The van der Waals surface area contributed by atoms with Crippen LogP contribution in [0.5, 0.6) is 0 Å². The smallest absolute Gasteiger partial charge is 0.201 e. The van der Waals surface area contributed by atoms with E-state index < -0.39 is 12.7 Å². The highest BCUT2D eigenvalue weighted by atomic mass is 14.9. The zero-order valence-corrected chi connectivity index (χ0v) is 16.2. The van der Waals surface area contributed by atoms with Crippen LogP contribution in [0.25, 0.3) is 22.4 Å². The molecule has 0 N–H and O–H groups in total. The fourth-order valence-corrected chi connectivity index (χ4v) is 4.17. The van der Waals surface area contributed by atoms with Gasteiger partial charge in [-0.3, -0.25) is 0 Å². The maximum Gasteiger partial charge on any atom is 0.212 e. The van der Waals surface area contributed by atoms with Crippen LogP contribution in [0.1, 0.15) is 58.6 Å². The zero-order valence-electron chi connectivity index (χ0n) is 20.2. The first-order valence-corrected chi connectivity index (χ1v) is 9.15. The standard InChI is InChI=1S/C25H28N/c1-15(2)23-13-25(26(6)14-17(23)4)20-9-10-22-21-8-7-16(3)11-19(21)12-24(22)18(20)5/h7-11,13-15H,12H2,1-6H3/q+1/i4D3,15D. The molecule has 0 radical (unpaired) electrons. The number of fused-ring (bicyclic) bond motifs is 3. The van der Waals surface area contributed by atoms with Gasteiger partial charge in [-0.2, -0.15) is 0 Å². The van der Waals surface area contributed by atoms with Crippen molar-refractivity contribution in [2.45, 2.75) is 46.9 Å². The molecule has 1 aliphatic rings. The second-order valence-corrected chi connectivity index (χ2v) is 7.70. The molecule has 1 heteroatoms. The molecule has 3 aromatic rings. The first-order chi connectivity index (χ1) is 13.9. The van der Waals surface area contributed by atoms with Gasteiger partial charge in [0, 0.05) is 22.7 Å². The van der Waals surface area contributed by atoms with Crippen LogP contribution >= 0.6 is 0 Å². The molecule has 0 fully saturated rings. The Labute approximate surface area is 163 Å². The third-order valence-electron chi connectivity index (χ3n) is 5.61. The van der Waals surface area contributed by atoms with E-state index in [2.05, 4.69) is 44.2 Å². The molecule has 26 heavy (non-hydrogen) atoms. The van der Waals surface area contributed by atoms with E-state index in [1.165, 1.54) is 33.4 Å². The summed E-state index contributed by atoms with van der Waals surface area (Å²) < 4.78 is 34.2. The fraction of sp³-hybridized carbons (Fsp3) is 0.320. The van der Waals surface area contributed by atoms with Crippen LogP contribution in [-0.4, -0.2) is 0 Å². The number of aromatic nitrogens is 1. The summed E-state index contributed by atoms with van der Waals surface area (Å²) in [6.45, 7) is 5.51. The van der Waals surface area contributed by atoms with Gasteiger partial charge < -0.3 is 0 Å². The lowest BCUT2D eigenvalue weighted by Gasteiger charge is -2.14. The molecule has 0 bridgehead atoms. The van der Waals surface area contributed by atoms with Gasteiger partial charge in [-0.15, -0.1) is 0 Å². The molecular formula is C25H28N+. The Balaban J connectivity index is 1.91. The van der Waals surface area contributed by atoms with Crippen molar-refractivity contribution in [3.05, 3.63) is 76.0 Å². The molecule has 0 saturated carbocycles. The number of hydrogen-bond donors (Lipinski definition) is 0. The van der Waals surface area contributed by atoms with Gasteiger partial charge in [0.05, 0.1) is 0 Å². The van der Waals surface area contributed by atoms with Crippen molar-refractivity contribution >= 4 is 0 Å². The third-order valence-corrected chi connectivity index (χ3v) is 5.61. The summed E-state index contributed by atoms with van der Waals surface area (Å²) in [6, 6.07) is 12.8. The van der Waals surface area contributed by atoms with Crippen molar-refractivity contribution in [2.75, 3.05) is 0 Å². The van der Waals surface area contributed by atoms with Gasteiger partial charge in [0.15, 0.2) is 6.20 Å². The SMILES string of the molecule is [2H]C([2H])([2H])c1c[n+](C)c(-c2ccc3c(c2C)Cc2cc(C)ccc2-3)cc1C([2H])(C)C. The van der Waals surface area contributed by atoms with Crippen LogP contribution in [0.2, 0.25) is 0 Å². The van der Waals surface area contributed by atoms with Crippen molar-refractivity contribution < 1.29 is 10.1 Å². The molecule has 4 rings (SSSR count). The summed E-state index contributed by atoms with van der Waals surface area (Å²) >= 11 is 0. The van der Waals surface area contributed by atoms with E-state index in [1.807, 2.05) is 17.7 Å². The van der Waals surface area contributed by atoms with Crippen LogP contribution in [0.3, 0.4) is 0 Å². The van der Waals surface area contributed by atoms with Gasteiger partial charge in [0.25, 0.3) is 0 Å². The maximum atomic E-state index is 8.55. The summed E-state index contributed by atoms with van der Waals surface area (Å²) in [5.74, 6) is -1.01. The summed E-state index contributed by atoms with van der Waals surface area (Å²) in [4.78, 5) is 0. The van der Waals surface area contributed by atoms with Crippen LogP contribution in [0.15, 0.2) is 42.6 Å². The molecule has 0 spiro atoms. The molecule has 0 atom stereocenters. The number of rotatable bonds is 2. The highest BCUT2D eigenvalue weighted by Gasteiger charge is 2.24. The van der Waals surface area contributed by atoms with Crippen molar-refractivity contribution in [1.82, 2.24) is 0 Å². The second kappa shape index (κ2) is 6.09. The van der Waals surface area contributed by atoms with E-state index in [1.54, 1.807) is 20.0 Å². The van der Waals surface area contributed by atoms with Crippen LogP contribution in [0, 0.1) is 20.7 Å². The van der Waals surface area contributed by atoms with E-state index in [-0.39, 0.29) is 5.56 Å². The number of nitrogens with zero attached hydrogens (tertiary/aromatic N) is 1. The van der Waals surface area contributed by atoms with E-state index in [0.717, 1.165) is 17.7 Å². The molecule has 1 heterocycles. The quantitative estimate of drug-likeness (QED) is 0.404. The van der Waals surface area contributed by atoms with E-state index in [0.29, 0.717) is 5.56 Å². The van der Waals surface area contributed by atoms with Crippen molar-refractivity contribution in [1.29, 1.82) is 0 Å². The lowest BCUT2D eigenvalue weighted by molar-refractivity contribution is -0.660. The molecule has 2 aromatic carbocycles. The normalized spacial score (nSPS) is 15.6. The summed E-state index contributed by atoms with van der Waals surface area (Å²) in [6.07, 6.45) is 2.60. The molecule has 0 aliphatic heterocycles. The Kier molecular flexibility index (Phi) is 3.01. The molecule has 132 valence electrons. The van der Waals surface area contributed by atoms with E-state index in [9.17, 15) is 0 Å². The molecule has 0 saturated heterocycles. The van der Waals surface area contributed by atoms with Crippen molar-refractivity contribution in [3.8, 4) is 22.4 Å². The van der Waals surface area contributed by atoms with Crippen LogP contribution < -0.4 is 4.57 Å². The minimum Gasteiger partial charge on any atom is -0.201 e. The Morgan fingerprint density at radius 1 is 1.04 bits per heavy atom. The topological polar surface area (TPSA) is 3.88 Å². The van der Waals surface area contributed by atoms with Gasteiger partial charge in [-0.1, -0.05) is 43.7 Å². The Morgan fingerprint density at radius 2 is 1.77 bits per heavy atom. The fourth-order valence-electron chi connectivity index (χ4n) is 4.17. The largest absolute Gasteiger partial charge is 0.212 e. The Morgan fingerprint density at radius 3 is 2.50 bits per heavy atom. The molecule has 0 unspecified atom stereocenters. The highest BCUT2D eigenvalue weighted by Crippen LogP contribution is 2.41. The molecular weight excluding hydrogens is 314 g/mol. The van der Waals surface area contributed by atoms with Gasteiger partial charge in [-0.05, 0) is 72.5 Å². The molecule has 1 aromatic heterocycles. The van der Waals surface area contributed by atoms with Gasteiger partial charge in [0.2, 0.25) is 5.69 Å². The minimum atomic E-state index is -2.25. The Hall–Kier alpha value is -2.41. The van der Waals surface area contributed by atoms with E-state index in [4.69, 9.17) is 5.48 Å². The average Bonchev–Trinajstić information content (AvgIpc) is 2.99. The molecule has 1 aliphatic carbocycles. The summed E-state index contributed by atoms with van der Waals surface area (Å²) in [5, 5.41) is 0. The first kappa shape index (κ1) is 12.9. The minimum absolute atomic E-state index is 0.246. The van der Waals surface area contributed by atoms with Crippen LogP contribution in [0.4, 0.5) is 0 Å². The number of hydrogen-bond acceptors (Lipinski definition) is 0. The van der Waals surface area contributed by atoms with Crippen molar-refractivity contribution in [3.63, 3.8) is 0 Å². The lowest BCUT2D eigenvalue weighted by Crippen LogP contribution is -2.32. The number of pyridine rings is 1. The monoisotopic (exact) mass is 346 g/mol. The van der Waals surface area contributed by atoms with Crippen molar-refractivity contribution in [2.24, 2.45) is 7.05 Å². The second-order valence-electron chi connectivity index (χ2n) is 7.70.